The summed E-state index contributed by atoms with van der Waals surface area (Å²) < 4.78 is 10.5. The molecular weight excluding hydrogens is 523 g/mol. The number of nitrogens with one attached hydrogen (secondary N) is 3. The Labute approximate surface area is 225 Å². The van der Waals surface area contributed by atoms with E-state index < -0.39 is 6.10 Å². The van der Waals surface area contributed by atoms with Gasteiger partial charge in [0.25, 0.3) is 5.91 Å². The lowest BCUT2D eigenvalue weighted by Gasteiger charge is -2.33. The van der Waals surface area contributed by atoms with Crippen LogP contribution in [0.2, 0.25) is 0 Å². The number of ether oxygens (including phenoxy) is 2. The van der Waals surface area contributed by atoms with E-state index in [-0.39, 0.29) is 55.2 Å². The number of hydrogen-bond donors (Lipinski definition) is 4. The average molecular weight is 551 g/mol. The number of aromatic nitrogens is 3. The molecule has 1 saturated carbocycles. The zero-order valence-electron chi connectivity index (χ0n) is 20.0. The third kappa shape index (κ3) is 6.37. The Kier molecular flexibility index (Phi) is 9.44. The predicted octanol–water partition coefficient (Wildman–Crippen LogP) is 2.47. The van der Waals surface area contributed by atoms with Crippen molar-refractivity contribution in [2.24, 2.45) is 5.92 Å². The lowest BCUT2D eigenvalue weighted by Crippen LogP contribution is -2.46. The fraction of sp³-hybridized carbons (Fsp3) is 0.375. The number of nitrogens with zero attached hydrogens (tertiary/aromatic N) is 3. The van der Waals surface area contributed by atoms with Gasteiger partial charge in [0.2, 0.25) is 11.8 Å². The molecule has 11 nitrogen and oxygen atoms in total. The van der Waals surface area contributed by atoms with E-state index in [4.69, 9.17) is 9.47 Å². The van der Waals surface area contributed by atoms with Crippen molar-refractivity contribution in [3.8, 4) is 11.6 Å². The van der Waals surface area contributed by atoms with Gasteiger partial charge in [-0.1, -0.05) is 0 Å². The number of pyridine rings is 3. The molecule has 0 aromatic carbocycles. The molecule has 4 N–H and O–H groups in total. The van der Waals surface area contributed by atoms with E-state index >= 15 is 0 Å². The van der Waals surface area contributed by atoms with Crippen LogP contribution in [0, 0.1) is 5.92 Å². The summed E-state index contributed by atoms with van der Waals surface area (Å²) in [7, 11) is 1.53. The second kappa shape index (κ2) is 12.3. The average Bonchev–Trinajstić information content (AvgIpc) is 2.87. The molecular formula is C24H28Cl2N6O5. The second-order valence-corrected chi connectivity index (χ2v) is 8.64. The number of methoxy groups -OCH3 is 1. The highest BCUT2D eigenvalue weighted by Gasteiger charge is 2.33. The topological polar surface area (TPSA) is 148 Å². The molecule has 3 atom stereocenters. The van der Waals surface area contributed by atoms with Crippen LogP contribution in [0.5, 0.6) is 11.6 Å². The zero-order valence-corrected chi connectivity index (χ0v) is 21.6. The van der Waals surface area contributed by atoms with Gasteiger partial charge >= 0.3 is 0 Å². The molecule has 0 saturated heterocycles. The van der Waals surface area contributed by atoms with Crippen LogP contribution >= 0.6 is 24.8 Å². The van der Waals surface area contributed by atoms with E-state index in [0.717, 1.165) is 0 Å². The first kappa shape index (κ1) is 28.3. The molecule has 3 aromatic heterocycles. The highest BCUT2D eigenvalue weighted by molar-refractivity contribution is 6.00. The van der Waals surface area contributed by atoms with Crippen LogP contribution < -0.4 is 25.4 Å². The first-order chi connectivity index (χ1) is 17.0. The molecule has 1 aliphatic carbocycles. The number of halogens is 2. The van der Waals surface area contributed by atoms with Crippen molar-refractivity contribution in [3.63, 3.8) is 0 Å². The SMILES string of the molecule is COc1ccc2nccc(NC(=O)[C@H]3CC[C@H](NCc4cc5c(cn4)OCC(=O)N5)[C@@H](O)C3)c2n1.Cl.Cl. The van der Waals surface area contributed by atoms with E-state index in [1.165, 1.54) is 7.11 Å². The van der Waals surface area contributed by atoms with Crippen LogP contribution in [0.1, 0.15) is 25.0 Å². The number of carbonyl (C=O) groups is 2. The highest BCUT2D eigenvalue weighted by atomic mass is 35.5. The molecule has 1 fully saturated rings. The van der Waals surface area contributed by atoms with Crippen LogP contribution in [-0.2, 0) is 16.1 Å². The summed E-state index contributed by atoms with van der Waals surface area (Å²) >= 11 is 0. The summed E-state index contributed by atoms with van der Waals surface area (Å²) in [5.41, 5.74) is 3.07. The number of carbonyl (C=O) groups excluding carboxylic acids is 2. The van der Waals surface area contributed by atoms with Crippen molar-refractivity contribution in [1.29, 1.82) is 0 Å². The lowest BCUT2D eigenvalue weighted by molar-refractivity contribution is -0.122. The van der Waals surface area contributed by atoms with E-state index in [1.807, 2.05) is 0 Å². The first-order valence-electron chi connectivity index (χ1n) is 11.4. The van der Waals surface area contributed by atoms with Gasteiger partial charge in [-0.05, 0) is 37.5 Å². The molecule has 4 heterocycles. The number of anilines is 2. The molecule has 1 aliphatic heterocycles. The van der Waals surface area contributed by atoms with Crippen molar-refractivity contribution in [3.05, 3.63) is 42.4 Å². The largest absolute Gasteiger partial charge is 0.481 e. The molecule has 2 amide bonds. The number of aliphatic hydroxyl groups is 1. The lowest BCUT2D eigenvalue weighted by atomic mass is 9.83. The van der Waals surface area contributed by atoms with Gasteiger partial charge in [-0.25, -0.2) is 4.98 Å². The van der Waals surface area contributed by atoms with Crippen molar-refractivity contribution >= 4 is 59.0 Å². The van der Waals surface area contributed by atoms with Crippen LogP contribution in [0.4, 0.5) is 11.4 Å². The van der Waals surface area contributed by atoms with Gasteiger partial charge in [0.1, 0.15) is 5.52 Å². The standard InChI is InChI=1S/C24H26N6O5.2ClH/c1-34-22-5-4-16-23(30-22)17(6-7-25-16)29-24(33)13-2-3-15(19(31)8-13)27-10-14-9-18-20(11-26-14)35-12-21(32)28-18;;/h4-7,9,11,13,15,19,27,31H,2-3,8,10,12H2,1H3,(H,28,32)(H,25,29,33);2*1H/t13-,15-,19-;;/m0../s1. The highest BCUT2D eigenvalue weighted by Crippen LogP contribution is 2.29. The van der Waals surface area contributed by atoms with Gasteiger partial charge in [0.05, 0.1) is 42.0 Å². The van der Waals surface area contributed by atoms with Crippen LogP contribution in [0.15, 0.2) is 36.7 Å². The third-order valence-electron chi connectivity index (χ3n) is 6.32. The maximum atomic E-state index is 13.0. The zero-order chi connectivity index (χ0) is 24.4. The smallest absolute Gasteiger partial charge is 0.262 e. The minimum Gasteiger partial charge on any atom is -0.481 e. The number of aliphatic hydroxyl groups excluding tert-OH is 1. The van der Waals surface area contributed by atoms with Gasteiger partial charge in [-0.2, -0.15) is 0 Å². The van der Waals surface area contributed by atoms with Crippen molar-refractivity contribution in [2.75, 3.05) is 24.4 Å². The normalized spacial score (nSPS) is 20.4. The van der Waals surface area contributed by atoms with Crippen molar-refractivity contribution < 1.29 is 24.2 Å². The maximum absolute atomic E-state index is 13.0. The maximum Gasteiger partial charge on any atom is 0.262 e. The minimum atomic E-state index is -0.687. The first-order valence-corrected chi connectivity index (χ1v) is 11.4. The summed E-state index contributed by atoms with van der Waals surface area (Å²) in [5.74, 6) is 0.281. The van der Waals surface area contributed by atoms with Crippen molar-refractivity contribution in [1.82, 2.24) is 20.3 Å². The Hall–Kier alpha value is -3.25. The number of fused-ring (bicyclic) bond motifs is 2. The fourth-order valence-electron chi connectivity index (χ4n) is 4.44. The van der Waals surface area contributed by atoms with E-state index in [0.29, 0.717) is 65.5 Å². The Balaban J connectivity index is 0.00000190. The van der Waals surface area contributed by atoms with E-state index in [2.05, 4.69) is 30.9 Å². The molecule has 3 aromatic rings. The van der Waals surface area contributed by atoms with Gasteiger partial charge in [-0.3, -0.25) is 19.6 Å². The summed E-state index contributed by atoms with van der Waals surface area (Å²) in [4.78, 5) is 37.5. The molecule has 0 unspecified atom stereocenters. The molecule has 5 rings (SSSR count). The monoisotopic (exact) mass is 550 g/mol. The fourth-order valence-corrected chi connectivity index (χ4v) is 4.44. The molecule has 0 bridgehead atoms. The third-order valence-corrected chi connectivity index (χ3v) is 6.32. The van der Waals surface area contributed by atoms with Gasteiger partial charge < -0.3 is 30.5 Å². The van der Waals surface area contributed by atoms with Gasteiger partial charge in [-0.15, -0.1) is 24.8 Å². The minimum absolute atomic E-state index is 0. The van der Waals surface area contributed by atoms with E-state index in [9.17, 15) is 14.7 Å². The second-order valence-electron chi connectivity index (χ2n) is 8.64. The number of hydrogen-bond acceptors (Lipinski definition) is 9. The summed E-state index contributed by atoms with van der Waals surface area (Å²) in [5, 5.41) is 19.8. The Morgan fingerprint density at radius 2 is 2.08 bits per heavy atom. The van der Waals surface area contributed by atoms with Crippen LogP contribution in [0.3, 0.4) is 0 Å². The molecule has 13 heteroatoms. The van der Waals surface area contributed by atoms with E-state index in [1.54, 1.807) is 36.7 Å². The van der Waals surface area contributed by atoms with Crippen molar-refractivity contribution in [2.45, 2.75) is 38.0 Å². The quantitative estimate of drug-likeness (QED) is 0.363. The molecule has 0 radical (unpaired) electrons. The predicted molar refractivity (Wildman–Crippen MR) is 142 cm³/mol. The number of rotatable bonds is 6. The molecule has 37 heavy (non-hydrogen) atoms. The Bertz CT molecular complexity index is 1280. The van der Waals surface area contributed by atoms with Gasteiger partial charge in [0.15, 0.2) is 12.4 Å². The molecule has 0 spiro atoms. The molecule has 2 aliphatic rings. The Morgan fingerprint density at radius 1 is 1.24 bits per heavy atom. The Morgan fingerprint density at radius 3 is 2.86 bits per heavy atom. The van der Waals surface area contributed by atoms with Gasteiger partial charge in [0, 0.05) is 30.8 Å². The number of amides is 2. The summed E-state index contributed by atoms with van der Waals surface area (Å²) in [6.45, 7) is 0.398. The van der Waals surface area contributed by atoms with Crippen LogP contribution in [-0.4, -0.2) is 57.7 Å². The summed E-state index contributed by atoms with van der Waals surface area (Å²) in [6.07, 6.45) is 4.11. The van der Waals surface area contributed by atoms with Crippen LogP contribution in [0.25, 0.3) is 11.0 Å². The molecule has 198 valence electrons. The summed E-state index contributed by atoms with van der Waals surface area (Å²) in [6, 6.07) is 6.79.